The molecular formula is C14H21N3O2. The molecule has 1 heterocycles. The molecule has 2 rings (SSSR count). The summed E-state index contributed by atoms with van der Waals surface area (Å²) >= 11 is 0. The molecule has 1 N–H and O–H groups in total. The predicted molar refractivity (Wildman–Crippen MR) is 73.8 cm³/mol. The molecule has 1 aliphatic rings. The zero-order valence-electron chi connectivity index (χ0n) is 11.7. The average molecular weight is 263 g/mol. The fourth-order valence-electron chi connectivity index (χ4n) is 2.25. The van der Waals surface area contributed by atoms with Gasteiger partial charge in [0, 0.05) is 19.6 Å². The zero-order valence-corrected chi connectivity index (χ0v) is 11.7. The Morgan fingerprint density at radius 1 is 1.37 bits per heavy atom. The van der Waals surface area contributed by atoms with E-state index in [1.165, 1.54) is 0 Å². The van der Waals surface area contributed by atoms with Crippen molar-refractivity contribution in [2.45, 2.75) is 19.6 Å². The van der Waals surface area contributed by atoms with Gasteiger partial charge in [-0.1, -0.05) is 12.1 Å². The van der Waals surface area contributed by atoms with Crippen molar-refractivity contribution < 1.29 is 9.90 Å². The first-order chi connectivity index (χ1) is 8.99. The Labute approximate surface area is 114 Å². The molecule has 0 aliphatic carbocycles. The highest BCUT2D eigenvalue weighted by molar-refractivity contribution is 5.76. The van der Waals surface area contributed by atoms with E-state index in [-0.39, 0.29) is 17.9 Å². The van der Waals surface area contributed by atoms with Crippen LogP contribution in [0.5, 0.6) is 5.75 Å². The monoisotopic (exact) mass is 263 g/mol. The minimum atomic E-state index is 0.0598. The normalized spacial score (nSPS) is 17.4. The lowest BCUT2D eigenvalue weighted by Gasteiger charge is -2.29. The van der Waals surface area contributed by atoms with Crippen molar-refractivity contribution in [3.8, 4) is 5.75 Å². The minimum Gasteiger partial charge on any atom is -0.508 e. The average Bonchev–Trinajstić information content (AvgIpc) is 2.70. The van der Waals surface area contributed by atoms with Gasteiger partial charge >= 0.3 is 6.03 Å². The number of aromatic hydroxyl groups is 1. The largest absolute Gasteiger partial charge is 0.508 e. The molecule has 0 spiro atoms. The van der Waals surface area contributed by atoms with E-state index < -0.39 is 0 Å². The van der Waals surface area contributed by atoms with Gasteiger partial charge in [0.1, 0.15) is 5.75 Å². The van der Waals surface area contributed by atoms with Crippen LogP contribution in [0, 0.1) is 0 Å². The van der Waals surface area contributed by atoms with E-state index in [2.05, 4.69) is 0 Å². The molecule has 0 radical (unpaired) electrons. The van der Waals surface area contributed by atoms with Crippen LogP contribution in [-0.4, -0.2) is 59.2 Å². The third-order valence-electron chi connectivity index (χ3n) is 3.61. The maximum Gasteiger partial charge on any atom is 0.321 e. The summed E-state index contributed by atoms with van der Waals surface area (Å²) in [7, 11) is 3.94. The van der Waals surface area contributed by atoms with E-state index in [0.29, 0.717) is 6.54 Å². The lowest BCUT2D eigenvalue weighted by Crippen LogP contribution is -2.45. The lowest BCUT2D eigenvalue weighted by atomic mass is 10.2. The number of hydrogen-bond acceptors (Lipinski definition) is 3. The number of nitrogens with zero attached hydrogens (tertiary/aromatic N) is 3. The van der Waals surface area contributed by atoms with Crippen LogP contribution >= 0.6 is 0 Å². The molecule has 0 bridgehead atoms. The van der Waals surface area contributed by atoms with Crippen LogP contribution in [0.1, 0.15) is 12.5 Å². The zero-order chi connectivity index (χ0) is 14.0. The van der Waals surface area contributed by atoms with Crippen molar-refractivity contribution in [1.82, 2.24) is 14.7 Å². The molecule has 1 aromatic carbocycles. The first kappa shape index (κ1) is 13.7. The van der Waals surface area contributed by atoms with Crippen molar-refractivity contribution in [3.63, 3.8) is 0 Å². The molecule has 5 heteroatoms. The van der Waals surface area contributed by atoms with Crippen LogP contribution in [0.3, 0.4) is 0 Å². The van der Waals surface area contributed by atoms with Crippen molar-refractivity contribution in [1.29, 1.82) is 0 Å². The minimum absolute atomic E-state index is 0.0598. The van der Waals surface area contributed by atoms with Crippen LogP contribution in [0.15, 0.2) is 24.3 Å². The molecular weight excluding hydrogens is 242 g/mol. The summed E-state index contributed by atoms with van der Waals surface area (Å²) < 4.78 is 0. The van der Waals surface area contributed by atoms with Gasteiger partial charge in [0.05, 0.1) is 6.17 Å². The number of phenols is 1. The van der Waals surface area contributed by atoms with Gasteiger partial charge in [-0.05, 0) is 38.7 Å². The number of benzene rings is 1. The smallest absolute Gasteiger partial charge is 0.321 e. The van der Waals surface area contributed by atoms with Crippen molar-refractivity contribution >= 4 is 6.03 Å². The number of carbonyl (C=O) groups is 1. The van der Waals surface area contributed by atoms with Crippen LogP contribution in [0.2, 0.25) is 0 Å². The highest BCUT2D eigenvalue weighted by Gasteiger charge is 2.32. The lowest BCUT2D eigenvalue weighted by molar-refractivity contribution is 0.124. The van der Waals surface area contributed by atoms with Gasteiger partial charge < -0.3 is 14.9 Å². The maximum atomic E-state index is 12.3. The summed E-state index contributed by atoms with van der Waals surface area (Å²) in [5.41, 5.74) is 0.952. The molecule has 1 aliphatic heterocycles. The number of rotatable bonds is 4. The van der Waals surface area contributed by atoms with Gasteiger partial charge in [0.2, 0.25) is 0 Å². The van der Waals surface area contributed by atoms with Crippen LogP contribution in [0.25, 0.3) is 0 Å². The Morgan fingerprint density at radius 3 is 2.74 bits per heavy atom. The van der Waals surface area contributed by atoms with Gasteiger partial charge in [0.25, 0.3) is 0 Å². The van der Waals surface area contributed by atoms with E-state index in [1.807, 2.05) is 41.8 Å². The molecule has 0 saturated carbocycles. The van der Waals surface area contributed by atoms with Gasteiger partial charge in [-0.15, -0.1) is 0 Å². The Bertz CT molecular complexity index is 462. The molecule has 1 aromatic rings. The first-order valence-corrected chi connectivity index (χ1v) is 6.49. The van der Waals surface area contributed by atoms with Gasteiger partial charge in [-0.3, -0.25) is 4.90 Å². The topological polar surface area (TPSA) is 47.0 Å². The summed E-state index contributed by atoms with van der Waals surface area (Å²) in [4.78, 5) is 18.0. The number of amides is 2. The van der Waals surface area contributed by atoms with E-state index in [9.17, 15) is 9.90 Å². The molecule has 1 fully saturated rings. The fourth-order valence-corrected chi connectivity index (χ4v) is 2.25. The van der Waals surface area contributed by atoms with Gasteiger partial charge in [0.15, 0.2) is 0 Å². The van der Waals surface area contributed by atoms with E-state index in [1.54, 1.807) is 18.2 Å². The van der Waals surface area contributed by atoms with E-state index in [0.717, 1.165) is 18.7 Å². The Morgan fingerprint density at radius 2 is 2.11 bits per heavy atom. The highest BCUT2D eigenvalue weighted by atomic mass is 16.3. The summed E-state index contributed by atoms with van der Waals surface area (Å²) in [6, 6.07) is 7.11. The van der Waals surface area contributed by atoms with Crippen molar-refractivity contribution in [2.24, 2.45) is 0 Å². The standard InChI is InChI=1S/C14H21N3O2/c1-11(15(2)3)17-8-7-16(14(17)19)10-12-5-4-6-13(18)9-12/h4-6,9,11,18H,7-8,10H2,1-3H3. The number of urea groups is 1. The number of phenolic OH excluding ortho intramolecular Hbond substituents is 1. The second-order valence-electron chi connectivity index (χ2n) is 5.16. The van der Waals surface area contributed by atoms with Crippen LogP contribution in [-0.2, 0) is 6.54 Å². The quantitative estimate of drug-likeness (QED) is 0.896. The van der Waals surface area contributed by atoms with Crippen molar-refractivity contribution in [3.05, 3.63) is 29.8 Å². The van der Waals surface area contributed by atoms with Gasteiger partial charge in [-0.2, -0.15) is 0 Å². The Kier molecular flexibility index (Phi) is 3.95. The summed E-state index contributed by atoms with van der Waals surface area (Å²) in [5, 5.41) is 9.45. The van der Waals surface area contributed by atoms with Crippen molar-refractivity contribution in [2.75, 3.05) is 27.2 Å². The van der Waals surface area contributed by atoms with Crippen LogP contribution < -0.4 is 0 Å². The predicted octanol–water partition coefficient (Wildman–Crippen LogP) is 1.54. The number of carbonyl (C=O) groups excluding carboxylic acids is 1. The second kappa shape index (κ2) is 5.48. The Balaban J connectivity index is 2.02. The molecule has 1 saturated heterocycles. The molecule has 1 atom stereocenters. The summed E-state index contributed by atoms with van der Waals surface area (Å²) in [6.07, 6.45) is 0.0988. The third-order valence-corrected chi connectivity index (χ3v) is 3.61. The second-order valence-corrected chi connectivity index (χ2v) is 5.16. The molecule has 0 aromatic heterocycles. The highest BCUT2D eigenvalue weighted by Crippen LogP contribution is 2.18. The third kappa shape index (κ3) is 2.98. The van der Waals surface area contributed by atoms with E-state index >= 15 is 0 Å². The van der Waals surface area contributed by atoms with Crippen LogP contribution in [0.4, 0.5) is 4.79 Å². The first-order valence-electron chi connectivity index (χ1n) is 6.49. The maximum absolute atomic E-state index is 12.3. The molecule has 5 nitrogen and oxygen atoms in total. The molecule has 104 valence electrons. The van der Waals surface area contributed by atoms with E-state index in [4.69, 9.17) is 0 Å². The SMILES string of the molecule is CC(N(C)C)N1CCN(Cc2cccc(O)c2)C1=O. The Hall–Kier alpha value is -1.75. The fraction of sp³-hybridized carbons (Fsp3) is 0.500. The molecule has 19 heavy (non-hydrogen) atoms. The summed E-state index contributed by atoms with van der Waals surface area (Å²) in [5.74, 6) is 0.239. The van der Waals surface area contributed by atoms with Gasteiger partial charge in [-0.25, -0.2) is 4.79 Å². The molecule has 1 unspecified atom stereocenters. The molecule has 2 amide bonds. The summed E-state index contributed by atoms with van der Waals surface area (Å²) in [6.45, 7) is 4.04. The number of hydrogen-bond donors (Lipinski definition) is 1.